The van der Waals surface area contributed by atoms with Gasteiger partial charge in [0.15, 0.2) is 0 Å². The van der Waals surface area contributed by atoms with E-state index in [0.29, 0.717) is 18.1 Å². The first-order chi connectivity index (χ1) is 7.43. The van der Waals surface area contributed by atoms with E-state index in [0.717, 1.165) is 6.42 Å². The van der Waals surface area contributed by atoms with Gasteiger partial charge >= 0.3 is 0 Å². The first-order valence-electron chi connectivity index (χ1n) is 5.56. The normalized spacial score (nSPS) is 34.0. The Morgan fingerprint density at radius 3 is 2.93 bits per heavy atom. The number of hydrogen-bond donors (Lipinski definition) is 1. The summed E-state index contributed by atoms with van der Waals surface area (Å²) in [5.41, 5.74) is 4.48. The molecule has 0 aromatic heterocycles. The molecule has 0 radical (unpaired) electrons. The first kappa shape index (κ1) is 9.13. The number of allylic oxidation sites excluding steroid dienone is 1. The van der Waals surface area contributed by atoms with E-state index >= 15 is 0 Å². The lowest BCUT2D eigenvalue weighted by molar-refractivity contribution is -0.0845. The molecule has 2 nitrogen and oxygen atoms in total. The summed E-state index contributed by atoms with van der Waals surface area (Å²) in [6.45, 7) is 0. The molecule has 1 aromatic carbocycles. The monoisotopic (exact) mass is 201 g/mol. The molecular weight excluding hydrogens is 186 g/mol. The summed E-state index contributed by atoms with van der Waals surface area (Å²) in [5, 5.41) is 0. The third-order valence-electron chi connectivity index (χ3n) is 3.32. The maximum absolute atomic E-state index is 5.63. The molecule has 1 heterocycles. The van der Waals surface area contributed by atoms with Gasteiger partial charge in [0.05, 0.1) is 6.04 Å². The van der Waals surface area contributed by atoms with Gasteiger partial charge in [-0.25, -0.2) is 0 Å². The van der Waals surface area contributed by atoms with Gasteiger partial charge in [-0.15, -0.1) is 0 Å². The fraction of sp³-hybridized carbons (Fsp3) is 0.385. The van der Waals surface area contributed by atoms with Gasteiger partial charge in [0.1, 0.15) is 6.10 Å². The summed E-state index contributed by atoms with van der Waals surface area (Å²) >= 11 is 0. The van der Waals surface area contributed by atoms with Crippen LogP contribution in [0.2, 0.25) is 0 Å². The Hall–Kier alpha value is -1.12. The Balaban J connectivity index is 1.75. The number of rotatable bonds is 1. The molecule has 1 fully saturated rings. The number of hydrogen-bond acceptors (Lipinski definition) is 2. The SMILES string of the molecule is C1=CC2ONC(c3ccccc3)CC2C1. The second-order valence-electron chi connectivity index (χ2n) is 4.32. The molecule has 0 saturated carbocycles. The number of fused-ring (bicyclic) bond motifs is 1. The second-order valence-corrected chi connectivity index (χ2v) is 4.32. The average molecular weight is 201 g/mol. The third-order valence-corrected chi connectivity index (χ3v) is 3.32. The highest BCUT2D eigenvalue weighted by atomic mass is 16.7. The van der Waals surface area contributed by atoms with Gasteiger partial charge in [0.25, 0.3) is 0 Å². The van der Waals surface area contributed by atoms with Crippen LogP contribution in [-0.4, -0.2) is 6.10 Å². The van der Waals surface area contributed by atoms with Gasteiger partial charge in [-0.2, -0.15) is 5.48 Å². The van der Waals surface area contributed by atoms with Crippen molar-refractivity contribution in [2.24, 2.45) is 5.92 Å². The van der Waals surface area contributed by atoms with Crippen molar-refractivity contribution < 1.29 is 4.84 Å². The molecule has 0 bridgehead atoms. The molecule has 1 aromatic rings. The molecule has 1 saturated heterocycles. The van der Waals surface area contributed by atoms with E-state index in [4.69, 9.17) is 4.84 Å². The number of hydroxylamine groups is 1. The Morgan fingerprint density at radius 1 is 1.20 bits per heavy atom. The van der Waals surface area contributed by atoms with E-state index in [1.807, 2.05) is 6.07 Å². The lowest BCUT2D eigenvalue weighted by Crippen LogP contribution is -2.37. The zero-order chi connectivity index (χ0) is 10.1. The Bertz CT molecular complexity index is 360. The molecule has 3 rings (SSSR count). The summed E-state index contributed by atoms with van der Waals surface area (Å²) in [5.74, 6) is 0.663. The summed E-state index contributed by atoms with van der Waals surface area (Å²) in [6.07, 6.45) is 7.02. The van der Waals surface area contributed by atoms with Gasteiger partial charge in [0, 0.05) is 0 Å². The summed E-state index contributed by atoms with van der Waals surface area (Å²) in [6, 6.07) is 10.9. The standard InChI is InChI=1S/C13H15NO/c1-2-5-10(6-3-1)12-9-11-7-4-8-13(11)15-14-12/h1-6,8,11-14H,7,9H2. The molecule has 3 unspecified atom stereocenters. The van der Waals surface area contributed by atoms with Crippen molar-refractivity contribution in [3.8, 4) is 0 Å². The van der Waals surface area contributed by atoms with E-state index in [-0.39, 0.29) is 0 Å². The van der Waals surface area contributed by atoms with Crippen LogP contribution in [0.5, 0.6) is 0 Å². The van der Waals surface area contributed by atoms with E-state index in [2.05, 4.69) is 41.9 Å². The fourth-order valence-electron chi connectivity index (χ4n) is 2.45. The molecule has 78 valence electrons. The molecule has 1 aliphatic carbocycles. The largest absolute Gasteiger partial charge is 0.293 e. The van der Waals surface area contributed by atoms with Gasteiger partial charge in [-0.1, -0.05) is 42.5 Å². The van der Waals surface area contributed by atoms with Crippen molar-refractivity contribution in [1.29, 1.82) is 0 Å². The van der Waals surface area contributed by atoms with Gasteiger partial charge in [-0.3, -0.25) is 4.84 Å². The van der Waals surface area contributed by atoms with E-state index in [1.54, 1.807) is 0 Å². The highest BCUT2D eigenvalue weighted by Crippen LogP contribution is 2.34. The minimum Gasteiger partial charge on any atom is -0.293 e. The maximum Gasteiger partial charge on any atom is 0.100 e. The zero-order valence-electron chi connectivity index (χ0n) is 8.60. The third kappa shape index (κ3) is 1.71. The van der Waals surface area contributed by atoms with Crippen LogP contribution in [0.25, 0.3) is 0 Å². The van der Waals surface area contributed by atoms with Crippen molar-refractivity contribution in [3.05, 3.63) is 48.0 Å². The molecule has 0 amide bonds. The molecular formula is C13H15NO. The molecule has 2 heteroatoms. The van der Waals surface area contributed by atoms with Crippen LogP contribution in [0.1, 0.15) is 24.4 Å². The zero-order valence-corrected chi connectivity index (χ0v) is 8.60. The predicted octanol–water partition coefficient (Wildman–Crippen LogP) is 2.60. The lowest BCUT2D eigenvalue weighted by atomic mass is 9.91. The number of benzene rings is 1. The lowest BCUT2D eigenvalue weighted by Gasteiger charge is -2.32. The van der Waals surface area contributed by atoms with Gasteiger partial charge < -0.3 is 0 Å². The Kier molecular flexibility index (Phi) is 2.31. The van der Waals surface area contributed by atoms with Crippen LogP contribution in [0.15, 0.2) is 42.5 Å². The molecule has 0 spiro atoms. The summed E-state index contributed by atoms with van der Waals surface area (Å²) < 4.78 is 0. The van der Waals surface area contributed by atoms with Crippen LogP contribution in [0.3, 0.4) is 0 Å². The Labute approximate surface area is 89.9 Å². The predicted molar refractivity (Wildman–Crippen MR) is 59.1 cm³/mol. The molecule has 1 N–H and O–H groups in total. The van der Waals surface area contributed by atoms with Crippen LogP contribution in [-0.2, 0) is 4.84 Å². The topological polar surface area (TPSA) is 21.3 Å². The van der Waals surface area contributed by atoms with Crippen molar-refractivity contribution in [1.82, 2.24) is 5.48 Å². The van der Waals surface area contributed by atoms with Crippen molar-refractivity contribution in [2.75, 3.05) is 0 Å². The molecule has 3 atom stereocenters. The highest BCUT2D eigenvalue weighted by Gasteiger charge is 2.32. The Morgan fingerprint density at radius 2 is 2.07 bits per heavy atom. The first-order valence-corrected chi connectivity index (χ1v) is 5.56. The van der Waals surface area contributed by atoms with Gasteiger partial charge in [0.2, 0.25) is 0 Å². The van der Waals surface area contributed by atoms with Crippen LogP contribution >= 0.6 is 0 Å². The van der Waals surface area contributed by atoms with Crippen molar-refractivity contribution >= 4 is 0 Å². The minimum atomic E-state index is 0.296. The van der Waals surface area contributed by atoms with Crippen LogP contribution < -0.4 is 5.48 Å². The quantitative estimate of drug-likeness (QED) is 0.705. The van der Waals surface area contributed by atoms with Crippen molar-refractivity contribution in [2.45, 2.75) is 25.0 Å². The van der Waals surface area contributed by atoms with Crippen molar-refractivity contribution in [3.63, 3.8) is 0 Å². The summed E-state index contributed by atoms with van der Waals surface area (Å²) in [4.78, 5) is 5.63. The average Bonchev–Trinajstić information content (AvgIpc) is 2.77. The molecule has 2 aliphatic rings. The fourth-order valence-corrected chi connectivity index (χ4v) is 2.45. The van der Waals surface area contributed by atoms with Crippen LogP contribution in [0.4, 0.5) is 0 Å². The minimum absolute atomic E-state index is 0.296. The summed E-state index contributed by atoms with van der Waals surface area (Å²) in [7, 11) is 0. The molecule has 15 heavy (non-hydrogen) atoms. The molecule has 1 aliphatic heterocycles. The van der Waals surface area contributed by atoms with E-state index in [9.17, 15) is 0 Å². The second kappa shape index (κ2) is 3.80. The highest BCUT2D eigenvalue weighted by molar-refractivity contribution is 5.20. The van der Waals surface area contributed by atoms with Gasteiger partial charge in [-0.05, 0) is 24.3 Å². The maximum atomic E-state index is 5.63. The van der Waals surface area contributed by atoms with E-state index < -0.39 is 0 Å². The van der Waals surface area contributed by atoms with E-state index in [1.165, 1.54) is 12.0 Å². The van der Waals surface area contributed by atoms with Crippen LogP contribution in [0, 0.1) is 5.92 Å². The smallest absolute Gasteiger partial charge is 0.100 e. The number of nitrogens with one attached hydrogen (secondary N) is 1.